The fourth-order valence-electron chi connectivity index (χ4n) is 1.10. The first-order valence-corrected chi connectivity index (χ1v) is 3.76. The molecule has 1 atom stereocenters. The zero-order valence-electron chi connectivity index (χ0n) is 6.55. The number of amides is 1. The van der Waals surface area contributed by atoms with Crippen molar-refractivity contribution in [2.45, 2.75) is 26.3 Å². The molecule has 1 amide bonds. The van der Waals surface area contributed by atoms with Gasteiger partial charge >= 0.3 is 0 Å². The molecule has 0 spiro atoms. The van der Waals surface area contributed by atoms with Crippen LogP contribution in [-0.4, -0.2) is 30.1 Å². The number of carbonyl (C=O) groups is 1. The van der Waals surface area contributed by atoms with Crippen molar-refractivity contribution in [3.05, 3.63) is 0 Å². The highest BCUT2D eigenvalue weighted by molar-refractivity contribution is 5.80. The summed E-state index contributed by atoms with van der Waals surface area (Å²) in [5, 5.41) is 3.01. The van der Waals surface area contributed by atoms with Crippen molar-refractivity contribution in [3.63, 3.8) is 0 Å². The van der Waals surface area contributed by atoms with Gasteiger partial charge in [0.1, 0.15) is 0 Å². The smallest absolute Gasteiger partial charge is 0.237 e. The van der Waals surface area contributed by atoms with Crippen LogP contribution in [0.25, 0.3) is 0 Å². The minimum Gasteiger partial charge on any atom is -0.326 e. The second-order valence-corrected chi connectivity index (χ2v) is 2.71. The average molecular weight is 142 g/mol. The molecule has 0 aromatic rings. The van der Waals surface area contributed by atoms with Crippen molar-refractivity contribution >= 4 is 5.91 Å². The third-order valence-corrected chi connectivity index (χ3v) is 2.00. The molecule has 1 unspecified atom stereocenters. The molecule has 1 saturated heterocycles. The van der Waals surface area contributed by atoms with E-state index in [1.165, 1.54) is 0 Å². The van der Waals surface area contributed by atoms with Gasteiger partial charge in [0.05, 0.1) is 13.2 Å². The fraction of sp³-hybridized carbons (Fsp3) is 0.857. The molecular formula is C7H14N2O. The maximum atomic E-state index is 11.0. The third kappa shape index (κ3) is 1.29. The number of rotatable bonds is 2. The zero-order valence-corrected chi connectivity index (χ0v) is 6.55. The monoisotopic (exact) mass is 142 g/mol. The van der Waals surface area contributed by atoms with Crippen LogP contribution in [0.1, 0.15) is 20.3 Å². The van der Waals surface area contributed by atoms with Crippen LogP contribution in [0, 0.1) is 0 Å². The average Bonchev–Trinajstić information content (AvgIpc) is 2.34. The van der Waals surface area contributed by atoms with E-state index in [0.29, 0.717) is 12.6 Å². The molecule has 1 rings (SSSR count). The molecule has 3 heteroatoms. The SMILES string of the molecule is CCC(C)N1CNCC1=O. The molecule has 0 bridgehead atoms. The van der Waals surface area contributed by atoms with Gasteiger partial charge in [-0.3, -0.25) is 10.1 Å². The van der Waals surface area contributed by atoms with E-state index in [1.807, 2.05) is 4.90 Å². The molecule has 0 aliphatic carbocycles. The maximum Gasteiger partial charge on any atom is 0.237 e. The predicted molar refractivity (Wildman–Crippen MR) is 39.5 cm³/mol. The lowest BCUT2D eigenvalue weighted by molar-refractivity contribution is -0.128. The molecule has 58 valence electrons. The van der Waals surface area contributed by atoms with Gasteiger partial charge in [-0.25, -0.2) is 0 Å². The van der Waals surface area contributed by atoms with Gasteiger partial charge in [0.2, 0.25) is 5.91 Å². The number of nitrogens with zero attached hydrogens (tertiary/aromatic N) is 1. The highest BCUT2D eigenvalue weighted by Gasteiger charge is 2.22. The lowest BCUT2D eigenvalue weighted by atomic mass is 10.2. The minimum atomic E-state index is 0.231. The van der Waals surface area contributed by atoms with Crippen LogP contribution in [0.4, 0.5) is 0 Å². The molecule has 1 N–H and O–H groups in total. The van der Waals surface area contributed by atoms with Crippen molar-refractivity contribution in [3.8, 4) is 0 Å². The first-order valence-electron chi connectivity index (χ1n) is 3.76. The Kier molecular flexibility index (Phi) is 2.27. The van der Waals surface area contributed by atoms with Crippen LogP contribution >= 0.6 is 0 Å². The van der Waals surface area contributed by atoms with E-state index in [0.717, 1.165) is 13.1 Å². The van der Waals surface area contributed by atoms with Gasteiger partial charge in [-0.1, -0.05) is 6.92 Å². The summed E-state index contributed by atoms with van der Waals surface area (Å²) in [4.78, 5) is 12.9. The Morgan fingerprint density at radius 2 is 2.50 bits per heavy atom. The second-order valence-electron chi connectivity index (χ2n) is 2.71. The Morgan fingerprint density at radius 1 is 1.80 bits per heavy atom. The number of hydrogen-bond donors (Lipinski definition) is 1. The lowest BCUT2D eigenvalue weighted by Crippen LogP contribution is -2.34. The number of carbonyl (C=O) groups excluding carboxylic acids is 1. The molecule has 3 nitrogen and oxygen atoms in total. The summed E-state index contributed by atoms with van der Waals surface area (Å²) in [6.07, 6.45) is 1.04. The van der Waals surface area contributed by atoms with E-state index in [-0.39, 0.29) is 5.91 Å². The first-order chi connectivity index (χ1) is 4.75. The molecule has 1 aliphatic rings. The van der Waals surface area contributed by atoms with Crippen molar-refractivity contribution < 1.29 is 4.79 Å². The first kappa shape index (κ1) is 7.54. The van der Waals surface area contributed by atoms with Crippen LogP contribution in [0.2, 0.25) is 0 Å². The zero-order chi connectivity index (χ0) is 7.56. The van der Waals surface area contributed by atoms with Gasteiger partial charge < -0.3 is 4.90 Å². The van der Waals surface area contributed by atoms with Gasteiger partial charge in [0.15, 0.2) is 0 Å². The van der Waals surface area contributed by atoms with Crippen LogP contribution < -0.4 is 5.32 Å². The Balaban J connectivity index is 2.46. The summed E-state index contributed by atoms with van der Waals surface area (Å²) >= 11 is 0. The van der Waals surface area contributed by atoms with Crippen LogP contribution in [-0.2, 0) is 4.79 Å². The Morgan fingerprint density at radius 3 is 2.90 bits per heavy atom. The minimum absolute atomic E-state index is 0.231. The quantitative estimate of drug-likeness (QED) is 0.596. The molecule has 1 aliphatic heterocycles. The summed E-state index contributed by atoms with van der Waals surface area (Å²) < 4.78 is 0. The van der Waals surface area contributed by atoms with E-state index >= 15 is 0 Å². The van der Waals surface area contributed by atoms with Crippen LogP contribution in [0.3, 0.4) is 0 Å². The Bertz CT molecular complexity index is 136. The summed E-state index contributed by atoms with van der Waals surface area (Å²) in [6, 6.07) is 0.391. The number of hydrogen-bond acceptors (Lipinski definition) is 2. The van der Waals surface area contributed by atoms with Crippen LogP contribution in [0.15, 0.2) is 0 Å². The van der Waals surface area contributed by atoms with Gasteiger partial charge in [-0.05, 0) is 13.3 Å². The highest BCUT2D eigenvalue weighted by Crippen LogP contribution is 2.05. The summed E-state index contributed by atoms with van der Waals surface area (Å²) in [5.74, 6) is 0.231. The van der Waals surface area contributed by atoms with Gasteiger partial charge in [0.25, 0.3) is 0 Å². The van der Waals surface area contributed by atoms with Crippen LogP contribution in [0.5, 0.6) is 0 Å². The highest BCUT2D eigenvalue weighted by atomic mass is 16.2. The van der Waals surface area contributed by atoms with E-state index in [9.17, 15) is 4.79 Å². The van der Waals surface area contributed by atoms with E-state index in [4.69, 9.17) is 0 Å². The van der Waals surface area contributed by atoms with Gasteiger partial charge in [-0.2, -0.15) is 0 Å². The molecule has 0 aromatic carbocycles. The lowest BCUT2D eigenvalue weighted by Gasteiger charge is -2.21. The third-order valence-electron chi connectivity index (χ3n) is 2.00. The van der Waals surface area contributed by atoms with Crippen molar-refractivity contribution in [1.82, 2.24) is 10.2 Å². The van der Waals surface area contributed by atoms with E-state index in [2.05, 4.69) is 19.2 Å². The molecule has 10 heavy (non-hydrogen) atoms. The molecule has 1 fully saturated rings. The predicted octanol–water partition coefficient (Wildman–Crippen LogP) is 0.174. The fourth-order valence-corrected chi connectivity index (χ4v) is 1.10. The standard InChI is InChI=1S/C7H14N2O/c1-3-6(2)9-5-8-4-7(9)10/h6,8H,3-5H2,1-2H3. The topological polar surface area (TPSA) is 32.3 Å². The van der Waals surface area contributed by atoms with Gasteiger partial charge in [-0.15, -0.1) is 0 Å². The molecular weight excluding hydrogens is 128 g/mol. The normalized spacial score (nSPS) is 21.8. The largest absolute Gasteiger partial charge is 0.326 e. The second kappa shape index (κ2) is 3.01. The van der Waals surface area contributed by atoms with Gasteiger partial charge in [0, 0.05) is 6.04 Å². The summed E-state index contributed by atoms with van der Waals surface area (Å²) in [5.41, 5.74) is 0. The molecule has 0 saturated carbocycles. The molecule has 0 aromatic heterocycles. The van der Waals surface area contributed by atoms with Crippen molar-refractivity contribution in [2.75, 3.05) is 13.2 Å². The maximum absolute atomic E-state index is 11.0. The summed E-state index contributed by atoms with van der Waals surface area (Å²) in [6.45, 7) is 5.42. The van der Waals surface area contributed by atoms with E-state index in [1.54, 1.807) is 0 Å². The number of nitrogens with one attached hydrogen (secondary N) is 1. The molecule has 1 heterocycles. The van der Waals surface area contributed by atoms with Crippen molar-refractivity contribution in [1.29, 1.82) is 0 Å². The summed E-state index contributed by atoms with van der Waals surface area (Å²) in [7, 11) is 0. The van der Waals surface area contributed by atoms with E-state index < -0.39 is 0 Å². The molecule has 0 radical (unpaired) electrons. The van der Waals surface area contributed by atoms with Crippen molar-refractivity contribution in [2.24, 2.45) is 0 Å². The Hall–Kier alpha value is -0.570. The Labute approximate surface area is 61.4 Å².